The maximum Gasteiger partial charge on any atom is 0.250 e. The fourth-order valence-corrected chi connectivity index (χ4v) is 4.17. The SMILES string of the molecule is O=C(CSc1nnc(-c2ccccc2)n1-c1ccc(Cl)cc1)NN=Cc1cc(Br)ccc1O. The molecule has 0 aliphatic carbocycles. The molecule has 1 aromatic heterocycles. The van der Waals surface area contributed by atoms with E-state index in [1.807, 2.05) is 47.0 Å². The van der Waals surface area contributed by atoms with Crippen molar-refractivity contribution < 1.29 is 9.90 Å². The van der Waals surface area contributed by atoms with Crippen LogP contribution < -0.4 is 5.43 Å². The van der Waals surface area contributed by atoms with Crippen LogP contribution in [-0.4, -0.2) is 37.7 Å². The molecule has 3 aromatic carbocycles. The predicted molar refractivity (Wildman–Crippen MR) is 134 cm³/mol. The highest BCUT2D eigenvalue weighted by Gasteiger charge is 2.17. The number of nitrogens with one attached hydrogen (secondary N) is 1. The molecule has 0 atom stereocenters. The van der Waals surface area contributed by atoms with Gasteiger partial charge in [-0.15, -0.1) is 10.2 Å². The number of aromatic nitrogens is 3. The second-order valence-electron chi connectivity index (χ2n) is 6.77. The van der Waals surface area contributed by atoms with Gasteiger partial charge in [0.1, 0.15) is 5.75 Å². The molecule has 4 aromatic rings. The maximum atomic E-state index is 12.3. The van der Waals surface area contributed by atoms with E-state index in [1.165, 1.54) is 24.0 Å². The molecule has 0 saturated carbocycles. The minimum atomic E-state index is -0.322. The number of thioether (sulfide) groups is 1. The van der Waals surface area contributed by atoms with Crippen molar-refractivity contribution in [1.29, 1.82) is 0 Å². The molecule has 2 N–H and O–H groups in total. The van der Waals surface area contributed by atoms with Crippen molar-refractivity contribution in [2.75, 3.05) is 5.75 Å². The van der Waals surface area contributed by atoms with Crippen LogP contribution in [0.15, 0.2) is 87.5 Å². The van der Waals surface area contributed by atoms with E-state index in [1.54, 1.807) is 24.3 Å². The summed E-state index contributed by atoms with van der Waals surface area (Å²) in [5, 5.41) is 23.6. The first-order valence-electron chi connectivity index (χ1n) is 9.71. The number of nitrogens with zero attached hydrogens (tertiary/aromatic N) is 4. The molecule has 33 heavy (non-hydrogen) atoms. The van der Waals surface area contributed by atoms with Crippen LogP contribution in [0.3, 0.4) is 0 Å². The maximum absolute atomic E-state index is 12.3. The number of hydrazone groups is 1. The molecule has 1 heterocycles. The third-order valence-corrected chi connectivity index (χ3v) is 6.14. The van der Waals surface area contributed by atoms with Crippen molar-refractivity contribution in [2.24, 2.45) is 5.10 Å². The minimum absolute atomic E-state index is 0.0649. The summed E-state index contributed by atoms with van der Waals surface area (Å²) in [7, 11) is 0. The molecular formula is C23H17BrClN5O2S. The van der Waals surface area contributed by atoms with Gasteiger partial charge in [-0.05, 0) is 42.5 Å². The fraction of sp³-hybridized carbons (Fsp3) is 0.0435. The number of halogens is 2. The summed E-state index contributed by atoms with van der Waals surface area (Å²) in [6.45, 7) is 0. The number of rotatable bonds is 7. The number of carbonyl (C=O) groups is 1. The van der Waals surface area contributed by atoms with Crippen molar-refractivity contribution in [2.45, 2.75) is 5.16 Å². The second kappa shape index (κ2) is 10.7. The van der Waals surface area contributed by atoms with Crippen molar-refractivity contribution in [3.8, 4) is 22.8 Å². The quantitative estimate of drug-likeness (QED) is 0.188. The zero-order valence-corrected chi connectivity index (χ0v) is 20.2. The molecule has 0 fully saturated rings. The Morgan fingerprint density at radius 2 is 1.88 bits per heavy atom. The number of phenolic OH excluding ortho intramolecular Hbond substituents is 1. The number of hydrogen-bond donors (Lipinski definition) is 2. The Kier molecular flexibility index (Phi) is 7.43. The lowest BCUT2D eigenvalue weighted by Gasteiger charge is -2.10. The number of hydrogen-bond acceptors (Lipinski definition) is 6. The summed E-state index contributed by atoms with van der Waals surface area (Å²) in [4.78, 5) is 12.3. The Balaban J connectivity index is 1.50. The highest BCUT2D eigenvalue weighted by molar-refractivity contribution is 9.10. The van der Waals surface area contributed by atoms with Crippen LogP contribution >= 0.6 is 39.3 Å². The Morgan fingerprint density at radius 3 is 2.64 bits per heavy atom. The summed E-state index contributed by atoms with van der Waals surface area (Å²) >= 11 is 10.6. The van der Waals surface area contributed by atoms with Crippen LogP contribution in [0.25, 0.3) is 17.1 Å². The van der Waals surface area contributed by atoms with E-state index in [-0.39, 0.29) is 17.4 Å². The van der Waals surface area contributed by atoms with Gasteiger partial charge in [-0.2, -0.15) is 5.10 Å². The van der Waals surface area contributed by atoms with Crippen molar-refractivity contribution in [3.05, 3.63) is 87.9 Å². The molecule has 0 spiro atoms. The largest absolute Gasteiger partial charge is 0.507 e. The van der Waals surface area contributed by atoms with Crippen LogP contribution in [0.2, 0.25) is 5.02 Å². The average Bonchev–Trinajstić information content (AvgIpc) is 3.25. The molecule has 4 rings (SSSR count). The van der Waals surface area contributed by atoms with Gasteiger partial charge in [-0.25, -0.2) is 5.43 Å². The molecule has 1 amide bonds. The molecule has 0 unspecified atom stereocenters. The molecule has 7 nitrogen and oxygen atoms in total. The Bertz CT molecular complexity index is 1300. The highest BCUT2D eigenvalue weighted by atomic mass is 79.9. The monoisotopic (exact) mass is 541 g/mol. The summed E-state index contributed by atoms with van der Waals surface area (Å²) in [6, 6.07) is 22.0. The Hall–Kier alpha value is -3.14. The first-order valence-corrected chi connectivity index (χ1v) is 11.9. The van der Waals surface area contributed by atoms with E-state index in [0.29, 0.717) is 21.6 Å². The average molecular weight is 543 g/mol. The van der Waals surface area contributed by atoms with Crippen molar-refractivity contribution in [1.82, 2.24) is 20.2 Å². The van der Waals surface area contributed by atoms with Gasteiger partial charge in [0.05, 0.1) is 12.0 Å². The Morgan fingerprint density at radius 1 is 1.12 bits per heavy atom. The fourth-order valence-electron chi connectivity index (χ4n) is 2.93. The standard InChI is InChI=1S/C23H17BrClN5O2S/c24-17-6-11-20(31)16(12-17)13-26-27-21(32)14-33-23-29-28-22(15-4-2-1-3-5-15)30(23)19-9-7-18(25)8-10-19/h1-13,31H,14H2,(H,27,32). The van der Waals surface area contributed by atoms with Crippen LogP contribution in [0.5, 0.6) is 5.75 Å². The van der Waals surface area contributed by atoms with Gasteiger partial charge in [0.25, 0.3) is 5.91 Å². The molecule has 0 bridgehead atoms. The van der Waals surface area contributed by atoms with Gasteiger partial charge in [0, 0.05) is 26.3 Å². The van der Waals surface area contributed by atoms with E-state index >= 15 is 0 Å². The topological polar surface area (TPSA) is 92.4 Å². The van der Waals surface area contributed by atoms with E-state index in [2.05, 4.69) is 36.7 Å². The normalized spacial score (nSPS) is 11.1. The molecule has 0 radical (unpaired) electrons. The first-order chi connectivity index (χ1) is 16.0. The third kappa shape index (κ3) is 5.81. The van der Waals surface area contributed by atoms with Crippen molar-refractivity contribution in [3.63, 3.8) is 0 Å². The van der Waals surface area contributed by atoms with Gasteiger partial charge >= 0.3 is 0 Å². The number of benzene rings is 3. The van der Waals surface area contributed by atoms with Gasteiger partial charge in [-0.3, -0.25) is 9.36 Å². The number of amides is 1. The molecule has 10 heteroatoms. The number of phenols is 1. The van der Waals surface area contributed by atoms with Gasteiger partial charge in [0.2, 0.25) is 0 Å². The highest BCUT2D eigenvalue weighted by Crippen LogP contribution is 2.28. The summed E-state index contributed by atoms with van der Waals surface area (Å²) in [6.07, 6.45) is 1.38. The molecule has 0 aliphatic heterocycles. The van der Waals surface area contributed by atoms with E-state index in [0.717, 1.165) is 15.7 Å². The molecule has 166 valence electrons. The van der Waals surface area contributed by atoms with Crippen LogP contribution in [-0.2, 0) is 4.79 Å². The van der Waals surface area contributed by atoms with E-state index < -0.39 is 0 Å². The van der Waals surface area contributed by atoms with Crippen LogP contribution in [0.4, 0.5) is 0 Å². The minimum Gasteiger partial charge on any atom is -0.507 e. The lowest BCUT2D eigenvalue weighted by atomic mass is 10.2. The molecule has 0 aliphatic rings. The summed E-state index contributed by atoms with van der Waals surface area (Å²) in [5.41, 5.74) is 4.67. The smallest absolute Gasteiger partial charge is 0.250 e. The zero-order chi connectivity index (χ0) is 23.2. The second-order valence-corrected chi connectivity index (χ2v) is 9.06. The molecule has 0 saturated heterocycles. The van der Waals surface area contributed by atoms with Gasteiger partial charge in [-0.1, -0.05) is 69.6 Å². The molecular weight excluding hydrogens is 526 g/mol. The van der Waals surface area contributed by atoms with Crippen LogP contribution in [0.1, 0.15) is 5.56 Å². The Labute approximate surface area is 207 Å². The zero-order valence-electron chi connectivity index (χ0n) is 17.0. The lowest BCUT2D eigenvalue weighted by molar-refractivity contribution is -0.118. The third-order valence-electron chi connectivity index (χ3n) is 4.46. The van der Waals surface area contributed by atoms with Crippen molar-refractivity contribution >= 4 is 51.4 Å². The number of aromatic hydroxyl groups is 1. The van der Waals surface area contributed by atoms with Gasteiger partial charge < -0.3 is 5.11 Å². The van der Waals surface area contributed by atoms with E-state index in [9.17, 15) is 9.90 Å². The predicted octanol–water partition coefficient (Wildman–Crippen LogP) is 5.30. The van der Waals surface area contributed by atoms with Gasteiger partial charge in [0.15, 0.2) is 11.0 Å². The summed E-state index contributed by atoms with van der Waals surface area (Å²) in [5.74, 6) is 0.471. The summed E-state index contributed by atoms with van der Waals surface area (Å²) < 4.78 is 2.67. The first kappa shape index (κ1) is 23.0. The lowest BCUT2D eigenvalue weighted by Crippen LogP contribution is -2.20. The van der Waals surface area contributed by atoms with Crippen LogP contribution in [0, 0.1) is 0 Å². The van der Waals surface area contributed by atoms with E-state index in [4.69, 9.17) is 11.6 Å². The number of carbonyl (C=O) groups excluding carboxylic acids is 1.